The zero-order valence-electron chi connectivity index (χ0n) is 17.2. The van der Waals surface area contributed by atoms with Crippen LogP contribution in [0.25, 0.3) is 11.1 Å². The molecule has 0 radical (unpaired) electrons. The Morgan fingerprint density at radius 3 is 2.55 bits per heavy atom. The number of fused-ring (bicyclic) bond motifs is 2. The Hall–Kier alpha value is -2.39. The van der Waals surface area contributed by atoms with E-state index in [-0.39, 0.29) is 6.10 Å². The minimum atomic E-state index is 0.133. The van der Waals surface area contributed by atoms with E-state index in [1.807, 2.05) is 11.8 Å². The molecule has 0 bridgehead atoms. The van der Waals surface area contributed by atoms with Crippen LogP contribution in [-0.2, 0) is 12.8 Å². The maximum absolute atomic E-state index is 6.48. The highest BCUT2D eigenvalue weighted by Gasteiger charge is 2.27. The van der Waals surface area contributed by atoms with Crippen LogP contribution >= 0.6 is 11.8 Å². The third kappa shape index (κ3) is 3.32. The van der Waals surface area contributed by atoms with Crippen molar-refractivity contribution in [3.63, 3.8) is 0 Å². The van der Waals surface area contributed by atoms with Crippen molar-refractivity contribution in [3.8, 4) is 22.6 Å². The second kappa shape index (κ2) is 7.46. The molecule has 1 heterocycles. The van der Waals surface area contributed by atoms with Gasteiger partial charge in [0.1, 0.15) is 17.6 Å². The van der Waals surface area contributed by atoms with Crippen molar-refractivity contribution in [1.82, 2.24) is 0 Å². The van der Waals surface area contributed by atoms with Crippen LogP contribution < -0.4 is 9.47 Å². The lowest BCUT2D eigenvalue weighted by Crippen LogP contribution is -2.04. The summed E-state index contributed by atoms with van der Waals surface area (Å²) in [5.41, 5.74) is 9.43. The lowest BCUT2D eigenvalue weighted by molar-refractivity contribution is 0.207. The Kier molecular flexibility index (Phi) is 4.79. The summed E-state index contributed by atoms with van der Waals surface area (Å²) in [5.74, 6) is 3.11. The van der Waals surface area contributed by atoms with E-state index >= 15 is 0 Å². The highest BCUT2D eigenvalue weighted by atomic mass is 32.2. The molecule has 2 aliphatic rings. The maximum atomic E-state index is 6.48. The van der Waals surface area contributed by atoms with Crippen LogP contribution in [0.3, 0.4) is 0 Å². The highest BCUT2D eigenvalue weighted by Crippen LogP contribution is 2.43. The van der Waals surface area contributed by atoms with Gasteiger partial charge in [-0.1, -0.05) is 24.3 Å². The van der Waals surface area contributed by atoms with Gasteiger partial charge in [0.25, 0.3) is 0 Å². The molecule has 1 aliphatic carbocycles. The quantitative estimate of drug-likeness (QED) is 0.484. The van der Waals surface area contributed by atoms with E-state index < -0.39 is 0 Å². The van der Waals surface area contributed by atoms with E-state index in [9.17, 15) is 0 Å². The maximum Gasteiger partial charge on any atom is 0.124 e. The number of benzene rings is 3. The molecule has 3 heteroatoms. The summed E-state index contributed by atoms with van der Waals surface area (Å²) >= 11 is 1.94. The van der Waals surface area contributed by atoms with Crippen LogP contribution in [0.1, 0.15) is 40.3 Å². The van der Waals surface area contributed by atoms with E-state index in [0.29, 0.717) is 0 Å². The normalized spacial score (nSPS) is 17.1. The number of methoxy groups -OCH3 is 1. The first-order valence-electron chi connectivity index (χ1n) is 10.3. The number of hydrogen-bond acceptors (Lipinski definition) is 3. The van der Waals surface area contributed by atoms with Gasteiger partial charge in [-0.05, 0) is 96.3 Å². The van der Waals surface area contributed by atoms with E-state index in [1.165, 1.54) is 56.0 Å². The molecule has 1 unspecified atom stereocenters. The van der Waals surface area contributed by atoms with Crippen molar-refractivity contribution >= 4 is 11.8 Å². The number of rotatable bonds is 4. The SMILES string of the molecule is COc1cc(C)c(-c2cccc3c2CCC3Oc2ccc3c(c2)SCC3)c(C)c1. The fourth-order valence-electron chi connectivity index (χ4n) is 4.82. The number of hydrogen-bond donors (Lipinski definition) is 0. The largest absolute Gasteiger partial charge is 0.497 e. The van der Waals surface area contributed by atoms with Gasteiger partial charge in [0.15, 0.2) is 0 Å². The van der Waals surface area contributed by atoms with E-state index in [1.54, 1.807) is 7.11 Å². The van der Waals surface area contributed by atoms with Crippen LogP contribution in [0.4, 0.5) is 0 Å². The monoisotopic (exact) mass is 402 g/mol. The zero-order chi connectivity index (χ0) is 20.0. The molecule has 0 saturated heterocycles. The average molecular weight is 403 g/mol. The van der Waals surface area contributed by atoms with Crippen LogP contribution in [0.5, 0.6) is 11.5 Å². The van der Waals surface area contributed by atoms with Crippen molar-refractivity contribution in [2.45, 2.75) is 44.1 Å². The van der Waals surface area contributed by atoms with Crippen LogP contribution in [-0.4, -0.2) is 12.9 Å². The lowest BCUT2D eigenvalue weighted by Gasteiger charge is -2.18. The second-order valence-electron chi connectivity index (χ2n) is 8.02. The summed E-state index contributed by atoms with van der Waals surface area (Å²) in [6.45, 7) is 4.35. The zero-order valence-corrected chi connectivity index (χ0v) is 18.1. The Morgan fingerprint density at radius 1 is 0.931 bits per heavy atom. The van der Waals surface area contributed by atoms with Crippen LogP contribution in [0, 0.1) is 13.8 Å². The molecule has 1 aliphatic heterocycles. The first-order chi connectivity index (χ1) is 14.1. The molecule has 3 aromatic carbocycles. The molecule has 0 saturated carbocycles. The number of thioether (sulfide) groups is 1. The first kappa shape index (κ1) is 18.6. The summed E-state index contributed by atoms with van der Waals surface area (Å²) < 4.78 is 11.9. The molecule has 2 nitrogen and oxygen atoms in total. The second-order valence-corrected chi connectivity index (χ2v) is 9.16. The van der Waals surface area contributed by atoms with Crippen molar-refractivity contribution in [1.29, 1.82) is 0 Å². The third-order valence-electron chi connectivity index (χ3n) is 6.17. The van der Waals surface area contributed by atoms with Crippen molar-refractivity contribution in [2.75, 3.05) is 12.9 Å². The van der Waals surface area contributed by atoms with Gasteiger partial charge in [-0.25, -0.2) is 0 Å². The Labute approximate surface area is 177 Å². The standard InChI is InChI=1S/C26H26O2S/c1-16-13-20(27-3)14-17(2)26(16)23-6-4-5-22-21(23)9-10-24(22)28-19-8-7-18-11-12-29-25(18)15-19/h4-8,13-15,24H,9-12H2,1-3H3. The molecular weight excluding hydrogens is 376 g/mol. The van der Waals surface area contributed by atoms with Crippen LogP contribution in [0.15, 0.2) is 53.4 Å². The molecular formula is C26H26O2S. The molecule has 148 valence electrons. The number of ether oxygens (including phenoxy) is 2. The van der Waals surface area contributed by atoms with E-state index in [0.717, 1.165) is 24.3 Å². The van der Waals surface area contributed by atoms with Crippen LogP contribution in [0.2, 0.25) is 0 Å². The fraction of sp³-hybridized carbons (Fsp3) is 0.308. The van der Waals surface area contributed by atoms with Crippen molar-refractivity contribution in [3.05, 3.63) is 76.3 Å². The van der Waals surface area contributed by atoms with Gasteiger partial charge in [0.2, 0.25) is 0 Å². The lowest BCUT2D eigenvalue weighted by atomic mass is 9.90. The van der Waals surface area contributed by atoms with Gasteiger partial charge in [-0.15, -0.1) is 11.8 Å². The molecule has 29 heavy (non-hydrogen) atoms. The Bertz CT molecular complexity index is 1060. The smallest absolute Gasteiger partial charge is 0.124 e. The van der Waals surface area contributed by atoms with E-state index in [4.69, 9.17) is 9.47 Å². The minimum Gasteiger partial charge on any atom is -0.497 e. The van der Waals surface area contributed by atoms with Gasteiger partial charge in [0, 0.05) is 10.6 Å². The summed E-state index contributed by atoms with van der Waals surface area (Å²) in [5, 5.41) is 0. The molecule has 5 rings (SSSR count). The van der Waals surface area contributed by atoms with Gasteiger partial charge in [-0.2, -0.15) is 0 Å². The number of aryl methyl sites for hydroxylation is 3. The average Bonchev–Trinajstić information content (AvgIpc) is 3.34. The predicted molar refractivity (Wildman–Crippen MR) is 120 cm³/mol. The summed E-state index contributed by atoms with van der Waals surface area (Å²) in [6.07, 6.45) is 3.40. The Balaban J connectivity index is 1.49. The molecule has 0 N–H and O–H groups in total. The summed E-state index contributed by atoms with van der Waals surface area (Å²) in [6, 6.07) is 17.6. The summed E-state index contributed by atoms with van der Waals surface area (Å²) in [4.78, 5) is 1.39. The van der Waals surface area contributed by atoms with Gasteiger partial charge in [-0.3, -0.25) is 0 Å². The van der Waals surface area contributed by atoms with Gasteiger partial charge < -0.3 is 9.47 Å². The topological polar surface area (TPSA) is 18.5 Å². The fourth-order valence-corrected chi connectivity index (χ4v) is 5.92. The van der Waals surface area contributed by atoms with Gasteiger partial charge in [0.05, 0.1) is 7.11 Å². The minimum absolute atomic E-state index is 0.133. The summed E-state index contributed by atoms with van der Waals surface area (Å²) in [7, 11) is 1.73. The highest BCUT2D eigenvalue weighted by molar-refractivity contribution is 7.99. The van der Waals surface area contributed by atoms with Crippen molar-refractivity contribution in [2.24, 2.45) is 0 Å². The molecule has 3 aromatic rings. The van der Waals surface area contributed by atoms with Gasteiger partial charge >= 0.3 is 0 Å². The first-order valence-corrected chi connectivity index (χ1v) is 11.3. The molecule has 0 fully saturated rings. The predicted octanol–water partition coefficient (Wildman–Crippen LogP) is 6.69. The van der Waals surface area contributed by atoms with Crippen molar-refractivity contribution < 1.29 is 9.47 Å². The Morgan fingerprint density at radius 2 is 1.76 bits per heavy atom. The molecule has 0 aromatic heterocycles. The third-order valence-corrected chi connectivity index (χ3v) is 7.27. The molecule has 0 spiro atoms. The van der Waals surface area contributed by atoms with E-state index in [2.05, 4.69) is 62.4 Å². The molecule has 1 atom stereocenters. The molecule has 0 amide bonds.